The van der Waals surface area contributed by atoms with Crippen molar-refractivity contribution < 1.29 is 15.0 Å². The molecule has 0 spiro atoms. The van der Waals surface area contributed by atoms with Crippen molar-refractivity contribution in [3.8, 4) is 0 Å². The number of aromatic nitrogens is 2. The predicted octanol–water partition coefficient (Wildman–Crippen LogP) is 1.63. The number of benzene rings is 1. The lowest BCUT2D eigenvalue weighted by Crippen LogP contribution is -2.48. The lowest BCUT2D eigenvalue weighted by Gasteiger charge is -2.35. The van der Waals surface area contributed by atoms with Gasteiger partial charge in [-0.25, -0.2) is 4.98 Å². The number of aliphatic hydroxyl groups excluding tert-OH is 1. The number of fused-ring (bicyclic) bond motifs is 1. The van der Waals surface area contributed by atoms with Crippen LogP contribution in [0.3, 0.4) is 0 Å². The van der Waals surface area contributed by atoms with Crippen LogP contribution in [0.5, 0.6) is 0 Å². The van der Waals surface area contributed by atoms with Crippen molar-refractivity contribution in [1.29, 1.82) is 0 Å². The summed E-state index contributed by atoms with van der Waals surface area (Å²) in [5.41, 5.74) is 1.92. The van der Waals surface area contributed by atoms with Gasteiger partial charge in [-0.3, -0.25) is 9.69 Å². The number of rotatable bonds is 5. The number of hydrogen-bond acceptors (Lipinski definition) is 4. The Morgan fingerprint density at radius 1 is 1.43 bits per heavy atom. The van der Waals surface area contributed by atoms with Crippen LogP contribution in [0.4, 0.5) is 0 Å². The average molecular weight is 315 g/mol. The van der Waals surface area contributed by atoms with Crippen molar-refractivity contribution in [2.24, 2.45) is 0 Å². The van der Waals surface area contributed by atoms with E-state index in [0.29, 0.717) is 26.1 Å². The number of likely N-dealkylation sites (tertiary alicyclic amines) is 1. The van der Waals surface area contributed by atoms with Crippen molar-refractivity contribution in [3.63, 3.8) is 0 Å². The molecule has 23 heavy (non-hydrogen) atoms. The minimum atomic E-state index is -0.893. The number of imidazole rings is 1. The van der Waals surface area contributed by atoms with E-state index in [1.165, 1.54) is 0 Å². The van der Waals surface area contributed by atoms with Crippen molar-refractivity contribution in [2.45, 2.75) is 38.1 Å². The highest BCUT2D eigenvalue weighted by atomic mass is 16.4. The first kappa shape index (κ1) is 15.7. The number of para-hydroxylation sites is 2. The Bertz CT molecular complexity index is 725. The smallest absolute Gasteiger partial charge is 0.321 e. The van der Waals surface area contributed by atoms with Gasteiger partial charge in [-0.15, -0.1) is 6.58 Å². The Hall–Kier alpha value is -2.18. The first-order valence-electron chi connectivity index (χ1n) is 7.80. The van der Waals surface area contributed by atoms with E-state index in [1.54, 1.807) is 0 Å². The van der Waals surface area contributed by atoms with Crippen LogP contribution in [0.15, 0.2) is 36.9 Å². The molecule has 0 saturated carbocycles. The Balaban J connectivity index is 1.92. The third-order valence-corrected chi connectivity index (χ3v) is 4.36. The molecule has 6 heteroatoms. The fraction of sp³-hybridized carbons (Fsp3) is 0.412. The second-order valence-corrected chi connectivity index (χ2v) is 5.92. The third kappa shape index (κ3) is 3.13. The van der Waals surface area contributed by atoms with Crippen molar-refractivity contribution >= 4 is 17.0 Å². The lowest BCUT2D eigenvalue weighted by atomic mass is 9.99. The molecule has 2 N–H and O–H groups in total. The summed E-state index contributed by atoms with van der Waals surface area (Å²) >= 11 is 0. The molecule has 2 heterocycles. The summed E-state index contributed by atoms with van der Waals surface area (Å²) in [6.45, 7) is 5.42. The number of carbonyl (C=O) groups is 1. The maximum absolute atomic E-state index is 11.5. The third-order valence-electron chi connectivity index (χ3n) is 4.36. The van der Waals surface area contributed by atoms with Gasteiger partial charge in [0.15, 0.2) is 0 Å². The molecule has 6 nitrogen and oxygen atoms in total. The second-order valence-electron chi connectivity index (χ2n) is 5.92. The second kappa shape index (κ2) is 6.52. The van der Waals surface area contributed by atoms with E-state index in [-0.39, 0.29) is 6.42 Å². The Morgan fingerprint density at radius 3 is 2.96 bits per heavy atom. The van der Waals surface area contributed by atoms with Crippen LogP contribution in [0.1, 0.15) is 18.7 Å². The van der Waals surface area contributed by atoms with Gasteiger partial charge in [0.2, 0.25) is 0 Å². The number of piperidine rings is 1. The zero-order valence-corrected chi connectivity index (χ0v) is 12.9. The summed E-state index contributed by atoms with van der Waals surface area (Å²) in [5, 5.41) is 19.2. The monoisotopic (exact) mass is 315 g/mol. The number of carboxylic acids is 1. The van der Waals surface area contributed by atoms with Gasteiger partial charge in [-0.1, -0.05) is 18.2 Å². The van der Waals surface area contributed by atoms with Crippen molar-refractivity contribution in [2.75, 3.05) is 6.54 Å². The van der Waals surface area contributed by atoms with Crippen LogP contribution in [-0.2, 0) is 17.9 Å². The molecule has 0 bridgehead atoms. The highest BCUT2D eigenvalue weighted by molar-refractivity contribution is 5.76. The molecule has 122 valence electrons. The Labute approximate surface area is 134 Å². The van der Waals surface area contributed by atoms with E-state index in [9.17, 15) is 15.0 Å². The number of carboxylic acid groups (broad SMARTS) is 1. The highest BCUT2D eigenvalue weighted by Crippen LogP contribution is 2.23. The topological polar surface area (TPSA) is 78.6 Å². The quantitative estimate of drug-likeness (QED) is 0.820. The zero-order valence-electron chi connectivity index (χ0n) is 12.9. The summed E-state index contributed by atoms with van der Waals surface area (Å²) in [5.74, 6) is -0.0659. The summed E-state index contributed by atoms with van der Waals surface area (Å²) in [6, 6.07) is 7.19. The Morgan fingerprint density at radius 2 is 2.22 bits per heavy atom. The number of hydrogen-bond donors (Lipinski definition) is 2. The van der Waals surface area contributed by atoms with Crippen LogP contribution in [0.25, 0.3) is 11.0 Å². The van der Waals surface area contributed by atoms with Crippen molar-refractivity contribution in [3.05, 3.63) is 42.7 Å². The van der Waals surface area contributed by atoms with Crippen molar-refractivity contribution in [1.82, 2.24) is 14.5 Å². The van der Waals surface area contributed by atoms with E-state index in [4.69, 9.17) is 0 Å². The molecule has 0 unspecified atom stereocenters. The molecular weight excluding hydrogens is 294 g/mol. The number of aliphatic hydroxyl groups is 1. The molecule has 1 fully saturated rings. The van der Waals surface area contributed by atoms with E-state index >= 15 is 0 Å². The van der Waals surface area contributed by atoms with Gasteiger partial charge in [0.25, 0.3) is 0 Å². The average Bonchev–Trinajstić information content (AvgIpc) is 2.87. The van der Waals surface area contributed by atoms with Crippen LogP contribution < -0.4 is 0 Å². The molecule has 1 aliphatic heterocycles. The summed E-state index contributed by atoms with van der Waals surface area (Å²) in [4.78, 5) is 18.0. The van der Waals surface area contributed by atoms with Crippen LogP contribution in [-0.4, -0.2) is 49.3 Å². The molecule has 0 radical (unpaired) electrons. The molecule has 3 rings (SSSR count). The fourth-order valence-electron chi connectivity index (χ4n) is 3.20. The standard InChI is InChI=1S/C17H21N3O3/c1-2-8-20-14-6-4-3-5-13(14)18-16(20)11-19-9-7-12(21)10-15(19)17(22)23/h2-6,12,15,21H,1,7-11H2,(H,22,23)/t12-,15+/m0/s1. The van der Waals surface area contributed by atoms with Gasteiger partial charge in [-0.05, 0) is 25.0 Å². The predicted molar refractivity (Wildman–Crippen MR) is 87.0 cm³/mol. The summed E-state index contributed by atoms with van der Waals surface area (Å²) in [7, 11) is 0. The van der Waals surface area contributed by atoms with E-state index < -0.39 is 18.1 Å². The molecule has 2 atom stereocenters. The minimum absolute atomic E-state index is 0.261. The molecule has 0 aliphatic carbocycles. The number of nitrogens with zero attached hydrogens (tertiary/aromatic N) is 3. The number of aliphatic carboxylic acids is 1. The van der Waals surface area contributed by atoms with Gasteiger partial charge >= 0.3 is 5.97 Å². The van der Waals surface area contributed by atoms with Gasteiger partial charge in [0, 0.05) is 13.1 Å². The van der Waals surface area contributed by atoms with E-state index in [2.05, 4.69) is 16.1 Å². The van der Waals surface area contributed by atoms with E-state index in [0.717, 1.165) is 16.9 Å². The van der Waals surface area contributed by atoms with Gasteiger partial charge in [0.05, 0.1) is 23.7 Å². The normalized spacial score (nSPS) is 22.3. The van der Waals surface area contributed by atoms with Gasteiger partial charge < -0.3 is 14.8 Å². The van der Waals surface area contributed by atoms with Crippen LogP contribution >= 0.6 is 0 Å². The molecule has 1 saturated heterocycles. The van der Waals surface area contributed by atoms with Crippen LogP contribution in [0.2, 0.25) is 0 Å². The maximum Gasteiger partial charge on any atom is 0.321 e. The SMILES string of the molecule is C=CCn1c(CN2CC[C@H](O)C[C@@H]2C(=O)O)nc2ccccc21. The Kier molecular flexibility index (Phi) is 4.45. The number of allylic oxidation sites excluding steroid dienone is 1. The largest absolute Gasteiger partial charge is 0.480 e. The summed E-state index contributed by atoms with van der Waals surface area (Å²) < 4.78 is 2.06. The molecule has 1 aromatic carbocycles. The van der Waals surface area contributed by atoms with E-state index in [1.807, 2.05) is 35.2 Å². The summed E-state index contributed by atoms with van der Waals surface area (Å²) in [6.07, 6.45) is 2.12. The lowest BCUT2D eigenvalue weighted by molar-refractivity contribution is -0.147. The molecule has 1 aliphatic rings. The first-order valence-corrected chi connectivity index (χ1v) is 7.80. The van der Waals surface area contributed by atoms with Crippen LogP contribution in [0, 0.1) is 0 Å². The first-order chi connectivity index (χ1) is 11.1. The zero-order chi connectivity index (χ0) is 16.4. The van der Waals surface area contributed by atoms with Gasteiger partial charge in [-0.2, -0.15) is 0 Å². The molecule has 1 aromatic heterocycles. The molecule has 2 aromatic rings. The molecular formula is C17H21N3O3. The van der Waals surface area contributed by atoms with Gasteiger partial charge in [0.1, 0.15) is 11.9 Å². The molecule has 0 amide bonds. The highest BCUT2D eigenvalue weighted by Gasteiger charge is 2.33. The maximum atomic E-state index is 11.5. The minimum Gasteiger partial charge on any atom is -0.480 e. The fourth-order valence-corrected chi connectivity index (χ4v) is 3.20.